The van der Waals surface area contributed by atoms with Crippen molar-refractivity contribution in [3.05, 3.63) is 92.2 Å². The zero-order valence-electron chi connectivity index (χ0n) is 16.2. The number of benzene rings is 2. The fraction of sp³-hybridized carbons (Fsp3) is 0.217. The Morgan fingerprint density at radius 3 is 2.40 bits per heavy atom. The largest absolute Gasteiger partial charge is 0.379 e. The summed E-state index contributed by atoms with van der Waals surface area (Å²) in [6.45, 7) is 1.96. The van der Waals surface area contributed by atoms with E-state index in [1.807, 2.05) is 25.1 Å². The maximum Gasteiger partial charge on any atom is 0.284 e. The highest BCUT2D eigenvalue weighted by Crippen LogP contribution is 2.53. The van der Waals surface area contributed by atoms with Crippen LogP contribution in [0.3, 0.4) is 0 Å². The summed E-state index contributed by atoms with van der Waals surface area (Å²) in [6, 6.07) is 12.6. The summed E-state index contributed by atoms with van der Waals surface area (Å²) < 4.78 is 0. The highest BCUT2D eigenvalue weighted by Gasteiger charge is 2.45. The highest BCUT2D eigenvalue weighted by molar-refractivity contribution is 6.42. The van der Waals surface area contributed by atoms with Crippen LogP contribution in [-0.4, -0.2) is 10.9 Å². The lowest BCUT2D eigenvalue weighted by molar-refractivity contribution is 0.0757. The minimum atomic E-state index is -0.346. The van der Waals surface area contributed by atoms with Crippen LogP contribution in [0.4, 0.5) is 0 Å². The second-order valence-corrected chi connectivity index (χ2v) is 8.73. The topological polar surface area (TPSA) is 51.2 Å². The third kappa shape index (κ3) is 4.27. The monoisotopic (exact) mass is 460 g/mol. The standard InChI is InChI=1S/C23H19Cl3N2O2/c1-14-17(13-23(8-9-23)16-2-3-19(25)20(26)12-16)21(5-4-18(14)24)30-28-22(29)15-6-10-27-11-7-15/h2-7,10-12H,8-9,13H2,1H3,(H,28,29). The number of halogens is 3. The molecule has 1 amide bonds. The molecule has 30 heavy (non-hydrogen) atoms. The van der Waals surface area contributed by atoms with Gasteiger partial charge in [-0.25, -0.2) is 0 Å². The second kappa shape index (κ2) is 8.46. The number of carbonyl (C=O) groups is 1. The van der Waals surface area contributed by atoms with Crippen molar-refractivity contribution < 1.29 is 9.63 Å². The Labute approximate surface area is 190 Å². The first-order valence-electron chi connectivity index (χ1n) is 9.50. The molecule has 1 aromatic heterocycles. The number of hydrogen-bond acceptors (Lipinski definition) is 3. The van der Waals surface area contributed by atoms with Crippen LogP contribution in [0.2, 0.25) is 15.1 Å². The molecule has 2 aromatic carbocycles. The molecule has 0 bridgehead atoms. The van der Waals surface area contributed by atoms with Crippen molar-refractivity contribution in [3.63, 3.8) is 0 Å². The van der Waals surface area contributed by atoms with Gasteiger partial charge in [-0.05, 0) is 79.1 Å². The molecular formula is C23H19Cl3N2O2. The fourth-order valence-corrected chi connectivity index (χ4v) is 4.04. The Morgan fingerprint density at radius 2 is 1.73 bits per heavy atom. The number of carbonyl (C=O) groups excluding carboxylic acids is 1. The van der Waals surface area contributed by atoms with E-state index in [4.69, 9.17) is 39.6 Å². The zero-order valence-corrected chi connectivity index (χ0v) is 18.5. The average molecular weight is 462 g/mol. The number of nitrogens with one attached hydrogen (secondary N) is 1. The van der Waals surface area contributed by atoms with Crippen molar-refractivity contribution in [2.24, 2.45) is 0 Å². The van der Waals surface area contributed by atoms with Crippen molar-refractivity contribution in [2.45, 2.75) is 31.6 Å². The quantitative estimate of drug-likeness (QED) is 0.435. The Kier molecular flexibility index (Phi) is 5.92. The lowest BCUT2D eigenvalue weighted by atomic mass is 9.87. The van der Waals surface area contributed by atoms with Crippen LogP contribution in [0.5, 0.6) is 5.75 Å². The van der Waals surface area contributed by atoms with Gasteiger partial charge >= 0.3 is 0 Å². The van der Waals surface area contributed by atoms with Crippen LogP contribution >= 0.6 is 34.8 Å². The molecule has 1 aliphatic rings. The van der Waals surface area contributed by atoms with E-state index in [0.717, 1.165) is 36.0 Å². The fourth-order valence-electron chi connectivity index (χ4n) is 3.57. The van der Waals surface area contributed by atoms with Gasteiger partial charge in [-0.2, -0.15) is 5.48 Å². The first kappa shape index (κ1) is 21.0. The molecule has 1 heterocycles. The third-order valence-electron chi connectivity index (χ3n) is 5.59. The first-order valence-corrected chi connectivity index (χ1v) is 10.6. The van der Waals surface area contributed by atoms with Gasteiger partial charge in [-0.3, -0.25) is 9.78 Å². The van der Waals surface area contributed by atoms with Crippen LogP contribution in [0, 0.1) is 6.92 Å². The zero-order chi connectivity index (χ0) is 21.3. The Hall–Kier alpha value is -2.27. The Balaban J connectivity index is 1.59. The molecule has 7 heteroatoms. The van der Waals surface area contributed by atoms with E-state index in [1.165, 1.54) is 0 Å². The lowest BCUT2D eigenvalue weighted by Gasteiger charge is -2.21. The number of hydrogen-bond donors (Lipinski definition) is 1. The number of pyridine rings is 1. The van der Waals surface area contributed by atoms with Gasteiger partial charge in [0.2, 0.25) is 0 Å². The van der Waals surface area contributed by atoms with Crippen LogP contribution in [0.25, 0.3) is 0 Å². The van der Waals surface area contributed by atoms with Crippen molar-refractivity contribution in [1.82, 2.24) is 10.5 Å². The number of hydroxylamine groups is 1. The van der Waals surface area contributed by atoms with E-state index >= 15 is 0 Å². The minimum absolute atomic E-state index is 0.0448. The van der Waals surface area contributed by atoms with Gasteiger partial charge < -0.3 is 4.84 Å². The van der Waals surface area contributed by atoms with Crippen molar-refractivity contribution >= 4 is 40.7 Å². The third-order valence-corrected chi connectivity index (χ3v) is 6.73. The molecule has 1 aliphatic carbocycles. The molecular weight excluding hydrogens is 443 g/mol. The normalized spacial score (nSPS) is 14.3. The van der Waals surface area contributed by atoms with Gasteiger partial charge in [0.05, 0.1) is 10.0 Å². The van der Waals surface area contributed by atoms with E-state index in [1.54, 1.807) is 36.7 Å². The van der Waals surface area contributed by atoms with Crippen molar-refractivity contribution in [2.75, 3.05) is 0 Å². The van der Waals surface area contributed by atoms with E-state index in [-0.39, 0.29) is 11.3 Å². The molecule has 0 spiro atoms. The van der Waals surface area contributed by atoms with Crippen LogP contribution in [0.1, 0.15) is 39.9 Å². The van der Waals surface area contributed by atoms with Crippen molar-refractivity contribution in [3.8, 4) is 5.75 Å². The summed E-state index contributed by atoms with van der Waals surface area (Å²) >= 11 is 18.7. The second-order valence-electron chi connectivity index (χ2n) is 7.50. The molecule has 4 nitrogen and oxygen atoms in total. The lowest BCUT2D eigenvalue weighted by Crippen LogP contribution is -2.28. The summed E-state index contributed by atoms with van der Waals surface area (Å²) in [5.74, 6) is 0.229. The van der Waals surface area contributed by atoms with Crippen LogP contribution in [0.15, 0.2) is 54.9 Å². The number of aromatic nitrogens is 1. The molecule has 0 unspecified atom stereocenters. The van der Waals surface area contributed by atoms with E-state index in [2.05, 4.69) is 10.5 Å². The van der Waals surface area contributed by atoms with E-state index in [0.29, 0.717) is 26.4 Å². The highest BCUT2D eigenvalue weighted by atomic mass is 35.5. The Morgan fingerprint density at radius 1 is 1.03 bits per heavy atom. The predicted molar refractivity (Wildman–Crippen MR) is 120 cm³/mol. The summed E-state index contributed by atoms with van der Waals surface area (Å²) in [4.78, 5) is 22.0. The summed E-state index contributed by atoms with van der Waals surface area (Å²) in [6.07, 6.45) is 5.89. The molecule has 0 radical (unpaired) electrons. The molecule has 154 valence electrons. The van der Waals surface area contributed by atoms with Crippen LogP contribution < -0.4 is 10.3 Å². The maximum atomic E-state index is 12.4. The SMILES string of the molecule is Cc1c(Cl)ccc(ONC(=O)c2ccncc2)c1CC1(c2ccc(Cl)c(Cl)c2)CC1. The van der Waals surface area contributed by atoms with Gasteiger partial charge in [-0.15, -0.1) is 0 Å². The van der Waals surface area contributed by atoms with Gasteiger partial charge in [0.25, 0.3) is 5.91 Å². The van der Waals surface area contributed by atoms with Gasteiger partial charge in [-0.1, -0.05) is 40.9 Å². The molecule has 0 atom stereocenters. The van der Waals surface area contributed by atoms with E-state index in [9.17, 15) is 4.79 Å². The summed E-state index contributed by atoms with van der Waals surface area (Å²) in [5, 5.41) is 1.74. The minimum Gasteiger partial charge on any atom is -0.379 e. The number of rotatable bonds is 6. The molecule has 1 fully saturated rings. The first-order chi connectivity index (χ1) is 14.4. The predicted octanol–water partition coefficient (Wildman–Crippen LogP) is 6.35. The maximum absolute atomic E-state index is 12.4. The van der Waals surface area contributed by atoms with E-state index < -0.39 is 0 Å². The molecule has 4 rings (SSSR count). The number of amides is 1. The molecule has 0 saturated heterocycles. The Bertz CT molecular complexity index is 1100. The molecule has 1 N–H and O–H groups in total. The van der Waals surface area contributed by atoms with Gasteiger partial charge in [0.15, 0.2) is 5.75 Å². The smallest absolute Gasteiger partial charge is 0.284 e. The number of nitrogens with zero attached hydrogens (tertiary/aromatic N) is 1. The van der Waals surface area contributed by atoms with Crippen LogP contribution in [-0.2, 0) is 11.8 Å². The van der Waals surface area contributed by atoms with Crippen molar-refractivity contribution in [1.29, 1.82) is 0 Å². The molecule has 1 saturated carbocycles. The average Bonchev–Trinajstić information content (AvgIpc) is 3.54. The summed E-state index contributed by atoms with van der Waals surface area (Å²) in [7, 11) is 0. The molecule has 3 aromatic rings. The van der Waals surface area contributed by atoms with Gasteiger partial charge in [0, 0.05) is 28.5 Å². The summed E-state index contributed by atoms with van der Waals surface area (Å²) in [5.41, 5.74) is 5.97. The molecule has 0 aliphatic heterocycles. The van der Waals surface area contributed by atoms with Gasteiger partial charge in [0.1, 0.15) is 0 Å².